The van der Waals surface area contributed by atoms with Crippen molar-refractivity contribution in [3.63, 3.8) is 0 Å². The van der Waals surface area contributed by atoms with Crippen LogP contribution in [0.4, 0.5) is 5.82 Å². The highest BCUT2D eigenvalue weighted by Gasteiger charge is 2.09. The number of halogens is 1. The van der Waals surface area contributed by atoms with Gasteiger partial charge in [0.1, 0.15) is 11.6 Å². The number of nitrogens with zero attached hydrogens (tertiary/aromatic N) is 2. The lowest BCUT2D eigenvalue weighted by Crippen LogP contribution is -2.08. The number of phenolic OH excluding ortho intramolecular Hbond substituents is 1. The van der Waals surface area contributed by atoms with Crippen LogP contribution in [0, 0.1) is 0 Å². The molecule has 3 rings (SSSR count). The van der Waals surface area contributed by atoms with Gasteiger partial charge < -0.3 is 10.4 Å². The number of anilines is 1. The third-order valence-corrected chi connectivity index (χ3v) is 3.97. The summed E-state index contributed by atoms with van der Waals surface area (Å²) in [6.45, 7) is 2.02. The maximum atomic E-state index is 9.76. The Morgan fingerprint density at radius 3 is 2.86 bits per heavy atom. The highest BCUT2D eigenvalue weighted by Crippen LogP contribution is 2.28. The molecule has 0 aliphatic carbocycles. The topological polar surface area (TPSA) is 58.0 Å². The average Bonchev–Trinajstić information content (AvgIpc) is 2.50. The minimum atomic E-state index is 0.0256. The van der Waals surface area contributed by atoms with Crippen molar-refractivity contribution in [1.29, 1.82) is 0 Å². The summed E-state index contributed by atoms with van der Waals surface area (Å²) in [7, 11) is 0. The molecule has 0 saturated carbocycles. The molecule has 106 valence electrons. The third kappa shape index (κ3) is 2.97. The molecule has 0 fully saturated rings. The smallest absolute Gasteiger partial charge is 0.161 e. The average molecular weight is 344 g/mol. The number of aromatic hydroxyl groups is 1. The van der Waals surface area contributed by atoms with Crippen LogP contribution in [0.25, 0.3) is 11.0 Å². The summed E-state index contributed by atoms with van der Waals surface area (Å²) in [4.78, 5) is 8.74. The van der Waals surface area contributed by atoms with Gasteiger partial charge >= 0.3 is 0 Å². The summed E-state index contributed by atoms with van der Waals surface area (Å²) in [5.74, 6) is 0.991. The number of benzene rings is 1. The van der Waals surface area contributed by atoms with Gasteiger partial charge in [-0.2, -0.15) is 0 Å². The molecule has 0 aliphatic rings. The summed E-state index contributed by atoms with van der Waals surface area (Å²) >= 11 is 3.28. The van der Waals surface area contributed by atoms with Gasteiger partial charge in [-0.3, -0.25) is 0 Å². The second-order valence-electron chi connectivity index (χ2n) is 4.82. The molecule has 1 atom stereocenters. The molecule has 2 N–H and O–H groups in total. The lowest BCUT2D eigenvalue weighted by molar-refractivity contribution is 0.470. The van der Waals surface area contributed by atoms with Crippen LogP contribution in [0.5, 0.6) is 5.75 Å². The second-order valence-corrected chi connectivity index (χ2v) is 5.68. The molecule has 1 aromatic carbocycles. The normalized spacial score (nSPS) is 12.3. The maximum absolute atomic E-state index is 9.76. The molecule has 0 aliphatic heterocycles. The zero-order valence-electron chi connectivity index (χ0n) is 11.4. The van der Waals surface area contributed by atoms with Crippen molar-refractivity contribution in [3.8, 4) is 5.75 Å². The van der Waals surface area contributed by atoms with E-state index in [0.29, 0.717) is 10.1 Å². The molecular formula is C16H14BrN3O. The first-order chi connectivity index (χ1) is 10.1. The van der Waals surface area contributed by atoms with Crippen molar-refractivity contribution in [1.82, 2.24) is 9.97 Å². The Morgan fingerprint density at radius 2 is 2.05 bits per heavy atom. The van der Waals surface area contributed by atoms with E-state index in [4.69, 9.17) is 0 Å². The van der Waals surface area contributed by atoms with E-state index < -0.39 is 0 Å². The van der Waals surface area contributed by atoms with Crippen LogP contribution in [-0.2, 0) is 0 Å². The SMILES string of the molecule is CC(Nc1ccc2cccnc2n1)c1ccc(Br)c(O)c1. The lowest BCUT2D eigenvalue weighted by atomic mass is 10.1. The third-order valence-electron chi connectivity index (χ3n) is 3.30. The van der Waals surface area contributed by atoms with E-state index in [1.807, 2.05) is 43.3 Å². The molecule has 0 bridgehead atoms. The van der Waals surface area contributed by atoms with Gasteiger partial charge in [-0.15, -0.1) is 0 Å². The standard InChI is InChI=1S/C16H14BrN3O/c1-10(12-4-6-13(17)14(21)9-12)19-15-7-5-11-3-2-8-18-16(11)20-15/h2-10,21H,1H3,(H,18,19,20). The lowest BCUT2D eigenvalue weighted by Gasteiger charge is -2.15. The molecule has 4 nitrogen and oxygen atoms in total. The van der Waals surface area contributed by atoms with E-state index in [9.17, 15) is 5.11 Å². The van der Waals surface area contributed by atoms with Crippen LogP contribution >= 0.6 is 15.9 Å². The van der Waals surface area contributed by atoms with Crippen LogP contribution < -0.4 is 5.32 Å². The van der Waals surface area contributed by atoms with E-state index in [0.717, 1.165) is 16.8 Å². The summed E-state index contributed by atoms with van der Waals surface area (Å²) in [5, 5.41) is 14.1. The number of fused-ring (bicyclic) bond motifs is 1. The number of rotatable bonds is 3. The number of pyridine rings is 2. The van der Waals surface area contributed by atoms with Gasteiger partial charge in [0.2, 0.25) is 0 Å². The Kier molecular flexibility index (Phi) is 3.75. The van der Waals surface area contributed by atoms with Crippen molar-refractivity contribution in [2.45, 2.75) is 13.0 Å². The Labute approximate surface area is 131 Å². The second kappa shape index (κ2) is 5.69. The van der Waals surface area contributed by atoms with Crippen LogP contribution in [0.2, 0.25) is 0 Å². The number of aromatic nitrogens is 2. The zero-order chi connectivity index (χ0) is 14.8. The fraction of sp³-hybridized carbons (Fsp3) is 0.125. The van der Waals surface area contributed by atoms with Crippen molar-refractivity contribution in [2.75, 3.05) is 5.32 Å². The Morgan fingerprint density at radius 1 is 1.19 bits per heavy atom. The van der Waals surface area contributed by atoms with Gasteiger partial charge in [-0.25, -0.2) is 9.97 Å². The number of nitrogens with one attached hydrogen (secondary N) is 1. The van der Waals surface area contributed by atoms with Gasteiger partial charge in [0.15, 0.2) is 5.65 Å². The molecule has 3 aromatic rings. The van der Waals surface area contributed by atoms with Gasteiger partial charge in [0.25, 0.3) is 0 Å². The Balaban J connectivity index is 1.85. The van der Waals surface area contributed by atoms with Crippen LogP contribution in [0.1, 0.15) is 18.5 Å². The fourth-order valence-corrected chi connectivity index (χ4v) is 2.38. The van der Waals surface area contributed by atoms with Gasteiger partial charge in [-0.05, 0) is 64.8 Å². The molecule has 0 spiro atoms. The largest absolute Gasteiger partial charge is 0.507 e. The molecule has 0 amide bonds. The summed E-state index contributed by atoms with van der Waals surface area (Å²) in [6.07, 6.45) is 1.73. The Bertz CT molecular complexity index is 791. The Hall–Kier alpha value is -2.14. The van der Waals surface area contributed by atoms with Crippen LogP contribution in [-0.4, -0.2) is 15.1 Å². The van der Waals surface area contributed by atoms with E-state index in [1.165, 1.54) is 0 Å². The molecule has 2 heterocycles. The molecule has 21 heavy (non-hydrogen) atoms. The van der Waals surface area contributed by atoms with E-state index in [1.54, 1.807) is 12.3 Å². The van der Waals surface area contributed by atoms with Crippen LogP contribution in [0.15, 0.2) is 53.1 Å². The molecule has 2 aromatic heterocycles. The highest BCUT2D eigenvalue weighted by molar-refractivity contribution is 9.10. The monoisotopic (exact) mass is 343 g/mol. The number of hydrogen-bond acceptors (Lipinski definition) is 4. The van der Waals surface area contributed by atoms with Crippen molar-refractivity contribution in [3.05, 3.63) is 58.7 Å². The molecule has 0 saturated heterocycles. The van der Waals surface area contributed by atoms with Crippen molar-refractivity contribution >= 4 is 32.8 Å². The molecule has 0 radical (unpaired) electrons. The highest BCUT2D eigenvalue weighted by atomic mass is 79.9. The van der Waals surface area contributed by atoms with Gasteiger partial charge in [0.05, 0.1) is 10.5 Å². The molecular weight excluding hydrogens is 330 g/mol. The van der Waals surface area contributed by atoms with Gasteiger partial charge in [-0.1, -0.05) is 6.07 Å². The van der Waals surface area contributed by atoms with Crippen molar-refractivity contribution in [2.24, 2.45) is 0 Å². The predicted molar refractivity (Wildman–Crippen MR) is 87.4 cm³/mol. The van der Waals surface area contributed by atoms with Crippen LogP contribution in [0.3, 0.4) is 0 Å². The van der Waals surface area contributed by atoms with E-state index >= 15 is 0 Å². The minimum Gasteiger partial charge on any atom is -0.507 e. The first-order valence-electron chi connectivity index (χ1n) is 6.60. The minimum absolute atomic E-state index is 0.0256. The maximum Gasteiger partial charge on any atom is 0.161 e. The quantitative estimate of drug-likeness (QED) is 0.745. The summed E-state index contributed by atoms with van der Waals surface area (Å²) in [6, 6.07) is 13.3. The van der Waals surface area contributed by atoms with Crippen molar-refractivity contribution < 1.29 is 5.11 Å². The van der Waals surface area contributed by atoms with E-state index in [-0.39, 0.29) is 11.8 Å². The number of hydrogen-bond donors (Lipinski definition) is 2. The number of phenols is 1. The molecule has 1 unspecified atom stereocenters. The van der Waals surface area contributed by atoms with E-state index in [2.05, 4.69) is 31.2 Å². The fourth-order valence-electron chi connectivity index (χ4n) is 2.14. The first-order valence-corrected chi connectivity index (χ1v) is 7.39. The first kappa shape index (κ1) is 13.8. The zero-order valence-corrected chi connectivity index (χ0v) is 13.0. The molecule has 5 heteroatoms. The van der Waals surface area contributed by atoms with Gasteiger partial charge in [0, 0.05) is 11.6 Å². The predicted octanol–water partition coefficient (Wildman–Crippen LogP) is 4.27. The summed E-state index contributed by atoms with van der Waals surface area (Å²) < 4.78 is 0.687. The summed E-state index contributed by atoms with van der Waals surface area (Å²) in [5.41, 5.74) is 1.70.